The predicted molar refractivity (Wildman–Crippen MR) is 128 cm³/mol. The molecule has 1 spiro atoms. The predicted octanol–water partition coefficient (Wildman–Crippen LogP) is 5.83. The minimum absolute atomic E-state index is 0.108. The largest absolute Gasteiger partial charge is 0.306 e. The zero-order valence-corrected chi connectivity index (χ0v) is 19.1. The fourth-order valence-electron chi connectivity index (χ4n) is 6.23. The monoisotopic (exact) mass is 433 g/mol. The molecule has 0 amide bonds. The van der Waals surface area contributed by atoms with Gasteiger partial charge in [-0.2, -0.15) is 0 Å². The van der Waals surface area contributed by atoms with Gasteiger partial charge >= 0.3 is 0 Å². The Bertz CT molecular complexity index is 1050. The number of halogens is 1. The molecule has 0 aromatic heterocycles. The van der Waals surface area contributed by atoms with Crippen LogP contribution in [0, 0.1) is 5.82 Å². The number of rotatable bonds is 3. The Balaban J connectivity index is 1.68. The number of aldehydes is 1. The molecule has 0 bridgehead atoms. The van der Waals surface area contributed by atoms with E-state index in [1.54, 1.807) is 6.07 Å². The van der Waals surface area contributed by atoms with Gasteiger partial charge in [0.1, 0.15) is 11.7 Å². The van der Waals surface area contributed by atoms with Crippen molar-refractivity contribution >= 4 is 23.5 Å². The summed E-state index contributed by atoms with van der Waals surface area (Å²) in [5, 5.41) is 0. The summed E-state index contributed by atoms with van der Waals surface area (Å²) in [7, 11) is 4.02. The maximum atomic E-state index is 14.6. The van der Waals surface area contributed by atoms with Gasteiger partial charge in [-0.15, -0.1) is 0 Å². The lowest BCUT2D eigenvalue weighted by Crippen LogP contribution is -2.40. The number of piperidine rings is 1. The van der Waals surface area contributed by atoms with Crippen LogP contribution in [-0.4, -0.2) is 44.2 Å². The van der Waals surface area contributed by atoms with E-state index in [9.17, 15) is 9.18 Å². The second kappa shape index (κ2) is 8.43. The first-order valence-corrected chi connectivity index (χ1v) is 11.9. The molecule has 2 aromatic rings. The lowest BCUT2D eigenvalue weighted by Gasteiger charge is -2.35. The number of anilines is 2. The van der Waals surface area contributed by atoms with E-state index >= 15 is 0 Å². The van der Waals surface area contributed by atoms with Crippen molar-refractivity contribution in [3.05, 3.63) is 58.9 Å². The highest BCUT2D eigenvalue weighted by Crippen LogP contribution is 2.54. The van der Waals surface area contributed by atoms with E-state index in [4.69, 9.17) is 4.99 Å². The van der Waals surface area contributed by atoms with Crippen LogP contribution in [0.4, 0.5) is 15.8 Å². The number of likely N-dealkylation sites (tertiary alicyclic amines) is 1. The maximum absolute atomic E-state index is 14.6. The third-order valence-corrected chi connectivity index (χ3v) is 7.92. The number of fused-ring (bicyclic) bond motifs is 2. The average Bonchev–Trinajstić information content (AvgIpc) is 3.08. The van der Waals surface area contributed by atoms with Gasteiger partial charge in [-0.25, -0.2) is 4.39 Å². The van der Waals surface area contributed by atoms with Gasteiger partial charge in [0.15, 0.2) is 6.29 Å². The van der Waals surface area contributed by atoms with Gasteiger partial charge in [0.2, 0.25) is 0 Å². The summed E-state index contributed by atoms with van der Waals surface area (Å²) in [5.74, 6) is 1.01. The number of carbonyl (C=O) groups is 1. The molecule has 2 fully saturated rings. The summed E-state index contributed by atoms with van der Waals surface area (Å²) in [4.78, 5) is 21.2. The van der Waals surface area contributed by atoms with Crippen LogP contribution in [0.3, 0.4) is 0 Å². The first-order chi connectivity index (χ1) is 15.6. The van der Waals surface area contributed by atoms with Crippen LogP contribution < -0.4 is 4.90 Å². The smallest absolute Gasteiger partial charge is 0.155 e. The number of carbonyl (C=O) groups excluding carboxylic acids is 1. The van der Waals surface area contributed by atoms with Gasteiger partial charge in [-0.3, -0.25) is 14.7 Å². The minimum Gasteiger partial charge on any atom is -0.306 e. The van der Waals surface area contributed by atoms with Gasteiger partial charge in [-0.05, 0) is 81.1 Å². The molecule has 32 heavy (non-hydrogen) atoms. The molecule has 5 rings (SSSR count). The van der Waals surface area contributed by atoms with Gasteiger partial charge < -0.3 is 4.90 Å². The van der Waals surface area contributed by atoms with Crippen LogP contribution in [0.2, 0.25) is 0 Å². The Morgan fingerprint density at radius 3 is 2.50 bits per heavy atom. The fraction of sp³-hybridized carbons (Fsp3) is 0.481. The van der Waals surface area contributed by atoms with Crippen LogP contribution in [0.5, 0.6) is 0 Å². The van der Waals surface area contributed by atoms with Crippen LogP contribution >= 0.6 is 0 Å². The highest BCUT2D eigenvalue weighted by molar-refractivity contribution is 6.17. The van der Waals surface area contributed by atoms with E-state index in [0.717, 1.165) is 63.1 Å². The molecule has 1 aliphatic carbocycles. The fourth-order valence-corrected chi connectivity index (χ4v) is 6.23. The van der Waals surface area contributed by atoms with E-state index in [1.807, 2.05) is 13.1 Å². The number of hydrogen-bond acceptors (Lipinski definition) is 3. The van der Waals surface area contributed by atoms with E-state index in [2.05, 4.69) is 35.0 Å². The highest BCUT2D eigenvalue weighted by atomic mass is 19.1. The van der Waals surface area contributed by atoms with Gasteiger partial charge in [-0.1, -0.05) is 37.5 Å². The molecule has 2 heterocycles. The molecule has 0 unspecified atom stereocenters. The first kappa shape index (κ1) is 21.3. The SMILES string of the molecule is CN=C1N(c2cccc(F)c2C=O)c2cc(C3CCN(C)CC3)ccc2C12CCCCC2. The molecule has 0 N–H and O–H groups in total. The summed E-state index contributed by atoms with van der Waals surface area (Å²) < 4.78 is 14.6. The summed E-state index contributed by atoms with van der Waals surface area (Å²) in [6, 6.07) is 11.8. The Hall–Kier alpha value is -2.53. The second-order valence-electron chi connectivity index (χ2n) is 9.67. The second-order valence-corrected chi connectivity index (χ2v) is 9.67. The third-order valence-electron chi connectivity index (χ3n) is 7.92. The highest BCUT2D eigenvalue weighted by Gasteiger charge is 2.50. The molecule has 2 aliphatic heterocycles. The molecule has 3 aliphatic rings. The number of amidine groups is 1. The molecule has 5 heteroatoms. The number of nitrogens with zero attached hydrogens (tertiary/aromatic N) is 3. The van der Waals surface area contributed by atoms with E-state index < -0.39 is 5.82 Å². The summed E-state index contributed by atoms with van der Waals surface area (Å²) in [5.41, 5.74) is 4.27. The standard InChI is InChI=1S/C27H32FN3O/c1-29-26-27(13-4-3-5-14-27)22-10-9-20(19-11-15-30(2)16-12-19)17-25(22)31(26)24-8-6-7-23(28)21(24)18-32/h6-10,17-19H,3-5,11-16H2,1-2H3. The zero-order valence-electron chi connectivity index (χ0n) is 19.1. The zero-order chi connectivity index (χ0) is 22.3. The number of benzene rings is 2. The maximum Gasteiger partial charge on any atom is 0.155 e. The van der Waals surface area contributed by atoms with E-state index in [-0.39, 0.29) is 11.0 Å². The number of aliphatic imine (C=N–C) groups is 1. The van der Waals surface area contributed by atoms with Crippen molar-refractivity contribution in [3.8, 4) is 0 Å². The molecular formula is C27H32FN3O. The quantitative estimate of drug-likeness (QED) is 0.572. The first-order valence-electron chi connectivity index (χ1n) is 11.9. The molecule has 0 radical (unpaired) electrons. The summed E-state index contributed by atoms with van der Waals surface area (Å²) in [6.07, 6.45) is 8.58. The molecule has 1 saturated heterocycles. The lowest BCUT2D eigenvalue weighted by molar-refractivity contribution is 0.112. The normalized spacial score (nSPS) is 22.5. The Morgan fingerprint density at radius 2 is 1.81 bits per heavy atom. The van der Waals surface area contributed by atoms with E-state index in [1.165, 1.54) is 23.6 Å². The average molecular weight is 434 g/mol. The summed E-state index contributed by atoms with van der Waals surface area (Å²) in [6.45, 7) is 2.21. The minimum atomic E-state index is -0.481. The van der Waals surface area contributed by atoms with Crippen LogP contribution in [0.25, 0.3) is 0 Å². The molecular weight excluding hydrogens is 401 g/mol. The van der Waals surface area contributed by atoms with Crippen LogP contribution in [0.15, 0.2) is 41.4 Å². The molecule has 0 atom stereocenters. The Labute approximate surface area is 190 Å². The topological polar surface area (TPSA) is 35.9 Å². The van der Waals surface area contributed by atoms with Crippen molar-refractivity contribution in [3.63, 3.8) is 0 Å². The van der Waals surface area contributed by atoms with Crippen LogP contribution in [0.1, 0.15) is 72.3 Å². The Morgan fingerprint density at radius 1 is 1.06 bits per heavy atom. The van der Waals surface area contributed by atoms with Gasteiger partial charge in [0.25, 0.3) is 0 Å². The van der Waals surface area contributed by atoms with Gasteiger partial charge in [0, 0.05) is 7.05 Å². The molecule has 2 aromatic carbocycles. The van der Waals surface area contributed by atoms with Crippen molar-refractivity contribution in [2.45, 2.75) is 56.3 Å². The Kier molecular flexibility index (Phi) is 5.62. The van der Waals surface area contributed by atoms with Crippen molar-refractivity contribution in [1.29, 1.82) is 0 Å². The number of hydrogen-bond donors (Lipinski definition) is 0. The molecule has 4 nitrogen and oxygen atoms in total. The molecule has 1 saturated carbocycles. The third kappa shape index (κ3) is 3.29. The lowest BCUT2D eigenvalue weighted by atomic mass is 9.69. The van der Waals surface area contributed by atoms with Crippen molar-refractivity contribution in [1.82, 2.24) is 4.90 Å². The van der Waals surface area contributed by atoms with E-state index in [0.29, 0.717) is 17.9 Å². The van der Waals surface area contributed by atoms with Crippen molar-refractivity contribution in [2.24, 2.45) is 4.99 Å². The van der Waals surface area contributed by atoms with Crippen molar-refractivity contribution < 1.29 is 9.18 Å². The molecule has 168 valence electrons. The van der Waals surface area contributed by atoms with Crippen LogP contribution in [-0.2, 0) is 5.41 Å². The summed E-state index contributed by atoms with van der Waals surface area (Å²) >= 11 is 0. The van der Waals surface area contributed by atoms with Gasteiger partial charge in [0.05, 0.1) is 22.4 Å². The van der Waals surface area contributed by atoms with Crippen molar-refractivity contribution in [2.75, 3.05) is 32.1 Å².